The maximum Gasteiger partial charge on any atom is 0.250 e. The van der Waals surface area contributed by atoms with Crippen molar-refractivity contribution in [1.29, 1.82) is 0 Å². The monoisotopic (exact) mass is 278 g/mol. The van der Waals surface area contributed by atoms with E-state index < -0.39 is 12.0 Å². The number of fused-ring (bicyclic) bond motifs is 2. The Morgan fingerprint density at radius 2 is 2.05 bits per heavy atom. The Morgan fingerprint density at radius 1 is 1.40 bits per heavy atom. The fourth-order valence-corrected chi connectivity index (χ4v) is 3.74. The number of carbonyl (C=O) groups is 2. The molecule has 2 atom stereocenters. The van der Waals surface area contributed by atoms with Gasteiger partial charge in [-0.15, -0.1) is 5.11 Å². The second-order valence-corrected chi connectivity index (χ2v) is 6.53. The lowest BCUT2D eigenvalue weighted by Crippen LogP contribution is -2.47. The third-order valence-electron chi connectivity index (χ3n) is 4.60. The summed E-state index contributed by atoms with van der Waals surface area (Å²) in [6.45, 7) is 5.66. The normalized spacial score (nSPS) is 30.9. The fraction of sp³-hybridized carbons (Fsp3) is 0.857. The van der Waals surface area contributed by atoms with Crippen LogP contribution in [0.4, 0.5) is 0 Å². The van der Waals surface area contributed by atoms with Crippen LogP contribution in [-0.2, 0) is 9.59 Å². The summed E-state index contributed by atoms with van der Waals surface area (Å²) in [6.07, 6.45) is 4.09. The second kappa shape index (κ2) is 4.53. The molecule has 0 bridgehead atoms. The van der Waals surface area contributed by atoms with E-state index in [4.69, 9.17) is 0 Å². The highest BCUT2D eigenvalue weighted by Crippen LogP contribution is 2.46. The van der Waals surface area contributed by atoms with E-state index in [1.165, 1.54) is 6.92 Å². The highest BCUT2D eigenvalue weighted by Gasteiger charge is 2.59. The second-order valence-electron chi connectivity index (χ2n) is 6.53. The molecule has 3 aliphatic rings. The highest BCUT2D eigenvalue weighted by molar-refractivity contribution is 5.91. The number of carbonyl (C=O) groups excluding carboxylic acids is 2. The van der Waals surface area contributed by atoms with Crippen LogP contribution in [0.5, 0.6) is 0 Å². The molecular weight excluding hydrogens is 256 g/mol. The average Bonchev–Trinajstić information content (AvgIpc) is 3.01. The summed E-state index contributed by atoms with van der Waals surface area (Å²) >= 11 is 0. The Labute approximate surface area is 119 Å². The van der Waals surface area contributed by atoms with Gasteiger partial charge in [0.1, 0.15) is 6.04 Å². The van der Waals surface area contributed by atoms with Gasteiger partial charge in [0.15, 0.2) is 5.66 Å². The van der Waals surface area contributed by atoms with Crippen molar-refractivity contribution in [1.82, 2.24) is 9.80 Å². The third kappa shape index (κ3) is 1.77. The van der Waals surface area contributed by atoms with Crippen molar-refractivity contribution in [2.75, 3.05) is 0 Å². The van der Waals surface area contributed by atoms with Crippen LogP contribution in [-0.4, -0.2) is 39.6 Å². The van der Waals surface area contributed by atoms with Gasteiger partial charge in [0.2, 0.25) is 12.2 Å². The van der Waals surface area contributed by atoms with Crippen LogP contribution in [0.3, 0.4) is 0 Å². The molecule has 110 valence electrons. The van der Waals surface area contributed by atoms with Gasteiger partial charge >= 0.3 is 0 Å². The van der Waals surface area contributed by atoms with E-state index in [0.717, 1.165) is 25.7 Å². The fourth-order valence-electron chi connectivity index (χ4n) is 3.74. The van der Waals surface area contributed by atoms with E-state index >= 15 is 0 Å². The topological polar surface area (TPSA) is 65.3 Å². The van der Waals surface area contributed by atoms with Crippen molar-refractivity contribution in [3.63, 3.8) is 0 Å². The summed E-state index contributed by atoms with van der Waals surface area (Å²) in [5.74, 6) is 0.304. The first-order valence-electron chi connectivity index (χ1n) is 7.50. The standard InChI is InChI=1S/C14H22N4O2/c1-9(2)8-11-12(20)18-13(17(11)10(3)19)15-16-14(18)6-4-5-7-14/h9,11,13H,4-8H2,1-3H3. The number of nitrogens with zero attached hydrogens (tertiary/aromatic N) is 4. The molecular formula is C14H22N4O2. The lowest BCUT2D eigenvalue weighted by Gasteiger charge is -2.30. The summed E-state index contributed by atoms with van der Waals surface area (Å²) in [7, 11) is 0. The number of hydrogen-bond donors (Lipinski definition) is 0. The van der Waals surface area contributed by atoms with E-state index in [1.54, 1.807) is 9.80 Å². The van der Waals surface area contributed by atoms with Gasteiger partial charge in [0.25, 0.3) is 5.91 Å². The maximum atomic E-state index is 12.8. The SMILES string of the molecule is CC(=O)N1C(CC(C)C)C(=O)N2C1N=NC21CCCC1. The molecule has 1 saturated heterocycles. The van der Waals surface area contributed by atoms with Crippen molar-refractivity contribution in [3.05, 3.63) is 0 Å². The van der Waals surface area contributed by atoms with Crippen LogP contribution in [0, 0.1) is 5.92 Å². The van der Waals surface area contributed by atoms with E-state index in [0.29, 0.717) is 12.3 Å². The molecule has 1 aliphatic carbocycles. The van der Waals surface area contributed by atoms with E-state index in [9.17, 15) is 9.59 Å². The smallest absolute Gasteiger partial charge is 0.250 e. The van der Waals surface area contributed by atoms with Crippen LogP contribution in [0.25, 0.3) is 0 Å². The molecule has 1 spiro atoms. The van der Waals surface area contributed by atoms with E-state index in [1.807, 2.05) is 0 Å². The van der Waals surface area contributed by atoms with Gasteiger partial charge < -0.3 is 0 Å². The zero-order chi connectivity index (χ0) is 14.5. The molecule has 3 rings (SSSR count). The lowest BCUT2D eigenvalue weighted by atomic mass is 10.0. The highest BCUT2D eigenvalue weighted by atomic mass is 16.2. The molecule has 0 N–H and O–H groups in total. The van der Waals surface area contributed by atoms with Crippen LogP contribution in [0.1, 0.15) is 52.9 Å². The predicted octanol–water partition coefficient (Wildman–Crippen LogP) is 2.11. The summed E-state index contributed by atoms with van der Waals surface area (Å²) in [4.78, 5) is 28.2. The Kier molecular flexibility index (Phi) is 3.06. The van der Waals surface area contributed by atoms with Gasteiger partial charge in [-0.05, 0) is 38.0 Å². The summed E-state index contributed by atoms with van der Waals surface area (Å²) in [5.41, 5.74) is -0.457. The number of hydrogen-bond acceptors (Lipinski definition) is 4. The van der Waals surface area contributed by atoms with Crippen molar-refractivity contribution >= 4 is 11.8 Å². The molecule has 6 heteroatoms. The van der Waals surface area contributed by atoms with Crippen LogP contribution >= 0.6 is 0 Å². The van der Waals surface area contributed by atoms with Gasteiger partial charge in [0, 0.05) is 6.92 Å². The lowest BCUT2D eigenvalue weighted by molar-refractivity contribution is -0.136. The minimum atomic E-state index is -0.498. The number of rotatable bonds is 2. The van der Waals surface area contributed by atoms with Gasteiger partial charge in [-0.2, -0.15) is 5.11 Å². The minimum absolute atomic E-state index is 0.0331. The molecule has 6 nitrogen and oxygen atoms in total. The molecule has 1 saturated carbocycles. The van der Waals surface area contributed by atoms with Gasteiger partial charge in [-0.1, -0.05) is 13.8 Å². The zero-order valence-electron chi connectivity index (χ0n) is 12.4. The number of azo groups is 1. The molecule has 20 heavy (non-hydrogen) atoms. The zero-order valence-corrected chi connectivity index (χ0v) is 12.4. The van der Waals surface area contributed by atoms with Crippen LogP contribution in [0.2, 0.25) is 0 Å². The molecule has 2 heterocycles. The first kappa shape index (κ1) is 13.5. The average molecular weight is 278 g/mol. The van der Waals surface area contributed by atoms with Gasteiger partial charge in [0.05, 0.1) is 0 Å². The summed E-state index contributed by atoms with van der Waals surface area (Å²) in [6, 6.07) is -0.366. The third-order valence-corrected chi connectivity index (χ3v) is 4.60. The van der Waals surface area contributed by atoms with E-state index in [2.05, 4.69) is 24.1 Å². The quantitative estimate of drug-likeness (QED) is 0.776. The maximum absolute atomic E-state index is 12.8. The van der Waals surface area contributed by atoms with Gasteiger partial charge in [-0.3, -0.25) is 19.4 Å². The van der Waals surface area contributed by atoms with Crippen molar-refractivity contribution in [3.8, 4) is 0 Å². The van der Waals surface area contributed by atoms with Crippen LogP contribution in [0.15, 0.2) is 10.2 Å². The molecule has 2 unspecified atom stereocenters. The first-order chi connectivity index (χ1) is 9.46. The Hall–Kier alpha value is -1.46. The largest absolute Gasteiger partial charge is 0.290 e. The van der Waals surface area contributed by atoms with Crippen molar-refractivity contribution in [2.24, 2.45) is 16.1 Å². The molecule has 2 aliphatic heterocycles. The Balaban J connectivity index is 1.95. The first-order valence-corrected chi connectivity index (χ1v) is 7.50. The van der Waals surface area contributed by atoms with Gasteiger partial charge in [-0.25, -0.2) is 0 Å². The molecule has 0 aromatic rings. The molecule has 0 aromatic heterocycles. The van der Waals surface area contributed by atoms with Crippen LogP contribution < -0.4 is 0 Å². The summed E-state index contributed by atoms with van der Waals surface area (Å²) < 4.78 is 0. The Morgan fingerprint density at radius 3 is 2.60 bits per heavy atom. The molecule has 2 amide bonds. The van der Waals surface area contributed by atoms with Crippen molar-refractivity contribution in [2.45, 2.75) is 70.9 Å². The molecule has 2 fully saturated rings. The Bertz CT molecular complexity index is 468. The van der Waals surface area contributed by atoms with Crippen molar-refractivity contribution < 1.29 is 9.59 Å². The predicted molar refractivity (Wildman–Crippen MR) is 72.5 cm³/mol. The molecule has 0 aromatic carbocycles. The minimum Gasteiger partial charge on any atom is -0.290 e. The summed E-state index contributed by atoms with van der Waals surface area (Å²) in [5, 5.41) is 8.66. The molecule has 0 radical (unpaired) electrons. The van der Waals surface area contributed by atoms with E-state index in [-0.39, 0.29) is 17.9 Å². The number of amides is 2.